The number of carbonyl (C=O) groups is 1. The summed E-state index contributed by atoms with van der Waals surface area (Å²) < 4.78 is 5.17. The topological polar surface area (TPSA) is 53.3 Å². The van der Waals surface area contributed by atoms with Crippen LogP contribution in [0.3, 0.4) is 0 Å². The number of nitriles is 1. The van der Waals surface area contributed by atoms with Crippen molar-refractivity contribution >= 4 is 5.91 Å². The molecule has 4 heteroatoms. The Bertz CT molecular complexity index is 725. The highest BCUT2D eigenvalue weighted by Crippen LogP contribution is 2.30. The Morgan fingerprint density at radius 3 is 2.35 bits per heavy atom. The highest BCUT2D eigenvalue weighted by atomic mass is 16.5. The molecular formula is C19H18N2O2. The van der Waals surface area contributed by atoms with Crippen molar-refractivity contribution in [1.29, 1.82) is 5.26 Å². The van der Waals surface area contributed by atoms with Crippen molar-refractivity contribution in [3.05, 3.63) is 65.2 Å². The lowest BCUT2D eigenvalue weighted by Crippen LogP contribution is -2.32. The minimum absolute atomic E-state index is 0.0211. The van der Waals surface area contributed by atoms with E-state index in [9.17, 15) is 4.79 Å². The third-order valence-electron chi connectivity index (χ3n) is 4.02. The van der Waals surface area contributed by atoms with Gasteiger partial charge in [0.2, 0.25) is 0 Å². The molecule has 3 rings (SSSR count). The third kappa shape index (κ3) is 3.51. The van der Waals surface area contributed by atoms with E-state index in [1.807, 2.05) is 29.2 Å². The first-order chi connectivity index (χ1) is 11.2. The molecule has 1 fully saturated rings. The Balaban J connectivity index is 1.77. The lowest BCUT2D eigenvalue weighted by molar-refractivity contribution is 0.0730. The van der Waals surface area contributed by atoms with Gasteiger partial charge in [-0.3, -0.25) is 4.79 Å². The van der Waals surface area contributed by atoms with Crippen molar-refractivity contribution in [2.24, 2.45) is 0 Å². The van der Waals surface area contributed by atoms with Crippen molar-refractivity contribution in [1.82, 2.24) is 4.90 Å². The molecule has 2 aromatic rings. The monoisotopic (exact) mass is 306 g/mol. The maximum Gasteiger partial charge on any atom is 0.254 e. The summed E-state index contributed by atoms with van der Waals surface area (Å²) in [5, 5.41) is 8.86. The van der Waals surface area contributed by atoms with Crippen LogP contribution in [0.25, 0.3) is 0 Å². The summed E-state index contributed by atoms with van der Waals surface area (Å²) in [5.41, 5.74) is 2.28. The molecule has 0 unspecified atom stereocenters. The summed E-state index contributed by atoms with van der Waals surface area (Å²) >= 11 is 0. The highest BCUT2D eigenvalue weighted by Gasteiger charge is 2.33. The highest BCUT2D eigenvalue weighted by molar-refractivity contribution is 5.94. The second kappa shape index (κ2) is 6.53. The van der Waals surface area contributed by atoms with Crippen LogP contribution in [0.2, 0.25) is 0 Å². The lowest BCUT2D eigenvalue weighted by atomic mass is 10.1. The van der Waals surface area contributed by atoms with E-state index in [0.717, 1.165) is 24.2 Å². The van der Waals surface area contributed by atoms with E-state index in [0.29, 0.717) is 23.7 Å². The van der Waals surface area contributed by atoms with E-state index in [-0.39, 0.29) is 5.91 Å². The fourth-order valence-electron chi connectivity index (χ4n) is 2.53. The molecule has 116 valence electrons. The second-order valence-electron chi connectivity index (χ2n) is 5.70. The van der Waals surface area contributed by atoms with Crippen molar-refractivity contribution < 1.29 is 9.53 Å². The molecule has 1 aliphatic rings. The van der Waals surface area contributed by atoms with Crippen LogP contribution < -0.4 is 4.74 Å². The van der Waals surface area contributed by atoms with E-state index in [1.165, 1.54) is 0 Å². The van der Waals surface area contributed by atoms with Crippen LogP contribution in [0.5, 0.6) is 5.75 Å². The number of hydrogen-bond donors (Lipinski definition) is 0. The molecule has 0 aliphatic heterocycles. The van der Waals surface area contributed by atoms with E-state index >= 15 is 0 Å². The molecule has 1 amide bonds. The summed E-state index contributed by atoms with van der Waals surface area (Å²) in [6.07, 6.45) is 2.11. The Morgan fingerprint density at radius 1 is 1.17 bits per heavy atom. The number of amides is 1. The van der Waals surface area contributed by atoms with Crippen LogP contribution in [0, 0.1) is 11.3 Å². The molecule has 2 aromatic carbocycles. The number of rotatable bonds is 5. The Labute approximate surface area is 135 Å². The minimum Gasteiger partial charge on any atom is -0.497 e. The Hall–Kier alpha value is -2.80. The summed E-state index contributed by atoms with van der Waals surface area (Å²) in [6, 6.07) is 17.0. The standard InChI is InChI=1S/C19H18N2O2/c1-23-18-10-4-15(5-11-18)13-21(17-8-9-17)19(22)16-6-2-14(12-20)3-7-16/h2-7,10-11,17H,8-9,13H2,1H3. The number of hydrogen-bond acceptors (Lipinski definition) is 3. The SMILES string of the molecule is COc1ccc(CN(C(=O)c2ccc(C#N)cc2)C2CC2)cc1. The van der Waals surface area contributed by atoms with Crippen molar-refractivity contribution in [3.8, 4) is 11.8 Å². The first kappa shape index (κ1) is 15.1. The van der Waals surface area contributed by atoms with Gasteiger partial charge in [0.05, 0.1) is 18.7 Å². The molecule has 0 spiro atoms. The van der Waals surface area contributed by atoms with E-state index in [4.69, 9.17) is 10.00 Å². The van der Waals surface area contributed by atoms with Crippen LogP contribution >= 0.6 is 0 Å². The molecule has 0 bridgehead atoms. The maximum absolute atomic E-state index is 12.8. The maximum atomic E-state index is 12.8. The third-order valence-corrected chi connectivity index (χ3v) is 4.02. The van der Waals surface area contributed by atoms with Crippen LogP contribution in [-0.2, 0) is 6.54 Å². The van der Waals surface area contributed by atoms with Crippen LogP contribution in [0.15, 0.2) is 48.5 Å². The smallest absolute Gasteiger partial charge is 0.254 e. The molecule has 1 aliphatic carbocycles. The van der Waals surface area contributed by atoms with Gasteiger partial charge in [-0.2, -0.15) is 5.26 Å². The zero-order chi connectivity index (χ0) is 16.2. The zero-order valence-corrected chi connectivity index (χ0v) is 13.0. The van der Waals surface area contributed by atoms with Gasteiger partial charge in [0, 0.05) is 18.2 Å². The lowest BCUT2D eigenvalue weighted by Gasteiger charge is -2.23. The van der Waals surface area contributed by atoms with E-state index < -0.39 is 0 Å². The van der Waals surface area contributed by atoms with Gasteiger partial charge in [0.1, 0.15) is 5.75 Å². The molecule has 0 aromatic heterocycles. The fraction of sp³-hybridized carbons (Fsp3) is 0.263. The number of ether oxygens (including phenoxy) is 1. The normalized spacial score (nSPS) is 13.2. The zero-order valence-electron chi connectivity index (χ0n) is 13.0. The second-order valence-corrected chi connectivity index (χ2v) is 5.70. The van der Waals surface area contributed by atoms with Gasteiger partial charge in [0.15, 0.2) is 0 Å². The van der Waals surface area contributed by atoms with Gasteiger partial charge in [-0.05, 0) is 54.8 Å². The van der Waals surface area contributed by atoms with Crippen molar-refractivity contribution in [3.63, 3.8) is 0 Å². The van der Waals surface area contributed by atoms with Crippen LogP contribution in [-0.4, -0.2) is 24.0 Å². The number of carbonyl (C=O) groups excluding carboxylic acids is 1. The van der Waals surface area contributed by atoms with Crippen molar-refractivity contribution in [2.45, 2.75) is 25.4 Å². The molecule has 1 saturated carbocycles. The van der Waals surface area contributed by atoms with Crippen LogP contribution in [0.4, 0.5) is 0 Å². The number of nitrogens with zero attached hydrogens (tertiary/aromatic N) is 2. The Kier molecular flexibility index (Phi) is 4.29. The van der Waals surface area contributed by atoms with Gasteiger partial charge < -0.3 is 9.64 Å². The first-order valence-corrected chi connectivity index (χ1v) is 7.65. The van der Waals surface area contributed by atoms with Gasteiger partial charge in [-0.25, -0.2) is 0 Å². The molecule has 23 heavy (non-hydrogen) atoms. The summed E-state index contributed by atoms with van der Waals surface area (Å²) in [5.74, 6) is 0.831. The van der Waals surface area contributed by atoms with E-state index in [2.05, 4.69) is 6.07 Å². The number of methoxy groups -OCH3 is 1. The molecule has 0 atom stereocenters. The quantitative estimate of drug-likeness (QED) is 0.851. The summed E-state index contributed by atoms with van der Waals surface area (Å²) in [7, 11) is 1.64. The molecule has 4 nitrogen and oxygen atoms in total. The van der Waals surface area contributed by atoms with E-state index in [1.54, 1.807) is 31.4 Å². The minimum atomic E-state index is 0.0211. The largest absolute Gasteiger partial charge is 0.497 e. The summed E-state index contributed by atoms with van der Waals surface area (Å²) in [4.78, 5) is 14.7. The average Bonchev–Trinajstić information content (AvgIpc) is 3.44. The molecule has 0 radical (unpaired) electrons. The Morgan fingerprint density at radius 2 is 1.83 bits per heavy atom. The van der Waals surface area contributed by atoms with Crippen LogP contribution in [0.1, 0.15) is 34.3 Å². The summed E-state index contributed by atoms with van der Waals surface area (Å²) in [6.45, 7) is 0.591. The molecule has 0 N–H and O–H groups in total. The first-order valence-electron chi connectivity index (χ1n) is 7.65. The number of benzene rings is 2. The fourth-order valence-corrected chi connectivity index (χ4v) is 2.53. The molecule has 0 heterocycles. The predicted octanol–water partition coefficient (Wildman–Crippen LogP) is 3.37. The van der Waals surface area contributed by atoms with Gasteiger partial charge in [-0.15, -0.1) is 0 Å². The predicted molar refractivity (Wildman–Crippen MR) is 87.0 cm³/mol. The molecular weight excluding hydrogens is 288 g/mol. The van der Waals surface area contributed by atoms with Gasteiger partial charge in [0.25, 0.3) is 5.91 Å². The van der Waals surface area contributed by atoms with Crippen molar-refractivity contribution in [2.75, 3.05) is 7.11 Å². The van der Waals surface area contributed by atoms with Gasteiger partial charge >= 0.3 is 0 Å². The molecule has 0 saturated heterocycles. The average molecular weight is 306 g/mol. The van der Waals surface area contributed by atoms with Gasteiger partial charge in [-0.1, -0.05) is 12.1 Å².